The maximum absolute atomic E-state index is 12.4. The Morgan fingerprint density at radius 2 is 1.90 bits per heavy atom. The van der Waals surface area contributed by atoms with Crippen molar-refractivity contribution >= 4 is 17.6 Å². The van der Waals surface area contributed by atoms with Crippen LogP contribution in [0.25, 0.3) is 0 Å². The molecule has 0 radical (unpaired) electrons. The molecule has 1 heterocycles. The van der Waals surface area contributed by atoms with E-state index < -0.39 is 34.7 Å². The summed E-state index contributed by atoms with van der Waals surface area (Å²) < 4.78 is 16.7. The van der Waals surface area contributed by atoms with Crippen molar-refractivity contribution in [1.29, 1.82) is 0 Å². The zero-order valence-electron chi connectivity index (χ0n) is 15.2. The van der Waals surface area contributed by atoms with Crippen molar-refractivity contribution in [3.63, 3.8) is 0 Å². The summed E-state index contributed by atoms with van der Waals surface area (Å²) in [6, 6.07) is 14.5. The van der Waals surface area contributed by atoms with E-state index >= 15 is 0 Å². The van der Waals surface area contributed by atoms with E-state index in [0.29, 0.717) is 11.1 Å². The topological polar surface area (TPSA) is 105 Å². The summed E-state index contributed by atoms with van der Waals surface area (Å²) in [6.45, 7) is 0.0820. The summed E-state index contributed by atoms with van der Waals surface area (Å²) in [6.07, 6.45) is 2.08. The Hall–Kier alpha value is -3.52. The number of nitro benzene ring substituents is 1. The minimum absolute atomic E-state index is 0.0205. The van der Waals surface area contributed by atoms with Crippen molar-refractivity contribution in [2.24, 2.45) is 0 Å². The van der Waals surface area contributed by atoms with Gasteiger partial charge < -0.3 is 14.2 Å². The minimum atomic E-state index is -1.25. The molecule has 0 aromatic heterocycles. The van der Waals surface area contributed by atoms with Gasteiger partial charge in [-0.3, -0.25) is 10.1 Å². The lowest BCUT2D eigenvalue weighted by atomic mass is 9.90. The lowest BCUT2D eigenvalue weighted by Gasteiger charge is -2.27. The number of carbonyl (C=O) groups excluding carboxylic acids is 2. The molecule has 0 N–H and O–H groups in total. The van der Waals surface area contributed by atoms with Crippen LogP contribution >= 0.6 is 0 Å². The smallest absolute Gasteiger partial charge is 0.343 e. The molecule has 1 saturated heterocycles. The van der Waals surface area contributed by atoms with E-state index in [1.54, 1.807) is 54.6 Å². The number of nitrogens with zero attached hydrogens (tertiary/aromatic N) is 1. The summed E-state index contributed by atoms with van der Waals surface area (Å²) in [4.78, 5) is 34.9. The van der Waals surface area contributed by atoms with Crippen LogP contribution in [0.2, 0.25) is 0 Å². The standard InChI is InChI=1S/C21H17NO7/c23-19(15-4-2-1-3-5-15)28-17-10-11-21(12-18(17)29-20(21)24)27-13-14-6-8-16(9-7-14)22(25)26/h1-11,17-18H,12-13H2/t17-,18-,21+/m1/s1. The molecular formula is C21H17NO7. The molecule has 148 valence electrons. The van der Waals surface area contributed by atoms with Gasteiger partial charge >= 0.3 is 11.9 Å². The van der Waals surface area contributed by atoms with Crippen molar-refractivity contribution in [3.8, 4) is 0 Å². The van der Waals surface area contributed by atoms with Gasteiger partial charge in [0.05, 0.1) is 17.1 Å². The summed E-state index contributed by atoms with van der Waals surface area (Å²) in [7, 11) is 0. The van der Waals surface area contributed by atoms with E-state index in [1.807, 2.05) is 0 Å². The molecular weight excluding hydrogens is 378 g/mol. The minimum Gasteiger partial charge on any atom is -0.456 e. The SMILES string of the molecule is O=C(O[C@@H]1C=C[C@]2(OCc3ccc([N+](=O)[O-])cc3)C[C@H]1OC2=O)c1ccccc1. The van der Waals surface area contributed by atoms with Crippen molar-refractivity contribution in [3.05, 3.63) is 88.0 Å². The lowest BCUT2D eigenvalue weighted by Crippen LogP contribution is -2.39. The van der Waals surface area contributed by atoms with Crippen molar-refractivity contribution in [1.82, 2.24) is 0 Å². The van der Waals surface area contributed by atoms with E-state index in [-0.39, 0.29) is 18.7 Å². The Bertz CT molecular complexity index is 970. The Balaban J connectivity index is 1.42. The first-order valence-corrected chi connectivity index (χ1v) is 9.01. The quantitative estimate of drug-likeness (QED) is 0.320. The van der Waals surface area contributed by atoms with Crippen molar-refractivity contribution in [2.45, 2.75) is 30.8 Å². The van der Waals surface area contributed by atoms with Gasteiger partial charge in [0.2, 0.25) is 0 Å². The number of fused-ring (bicyclic) bond motifs is 2. The molecule has 1 aliphatic heterocycles. The molecule has 2 bridgehead atoms. The molecule has 0 spiro atoms. The predicted molar refractivity (Wildman–Crippen MR) is 99.9 cm³/mol. The Morgan fingerprint density at radius 1 is 1.17 bits per heavy atom. The van der Waals surface area contributed by atoms with E-state index in [2.05, 4.69) is 0 Å². The van der Waals surface area contributed by atoms with Crippen molar-refractivity contribution < 1.29 is 28.7 Å². The Morgan fingerprint density at radius 3 is 2.59 bits per heavy atom. The Labute approximate surface area is 165 Å². The summed E-state index contributed by atoms with van der Waals surface area (Å²) in [5.74, 6) is -1.04. The fourth-order valence-corrected chi connectivity index (χ4v) is 3.33. The van der Waals surface area contributed by atoms with Gasteiger partial charge in [-0.15, -0.1) is 0 Å². The maximum atomic E-state index is 12.4. The average molecular weight is 395 g/mol. The van der Waals surface area contributed by atoms with E-state index in [0.717, 1.165) is 0 Å². The largest absolute Gasteiger partial charge is 0.456 e. The number of rotatable bonds is 6. The molecule has 1 fully saturated rings. The van der Waals surface area contributed by atoms with E-state index in [9.17, 15) is 19.7 Å². The molecule has 2 aliphatic rings. The van der Waals surface area contributed by atoms with Crippen LogP contribution in [0.4, 0.5) is 5.69 Å². The van der Waals surface area contributed by atoms with Crippen LogP contribution in [-0.2, 0) is 25.6 Å². The third-order valence-electron chi connectivity index (χ3n) is 4.93. The van der Waals surface area contributed by atoms with Gasteiger partial charge in [0.1, 0.15) is 6.10 Å². The molecule has 3 atom stereocenters. The summed E-state index contributed by atoms with van der Waals surface area (Å²) >= 11 is 0. The third kappa shape index (κ3) is 3.74. The van der Waals surface area contributed by atoms with E-state index in [1.165, 1.54) is 12.1 Å². The number of esters is 2. The fraction of sp³-hybridized carbons (Fsp3) is 0.238. The number of nitro groups is 1. The monoisotopic (exact) mass is 395 g/mol. The molecule has 8 nitrogen and oxygen atoms in total. The summed E-state index contributed by atoms with van der Waals surface area (Å²) in [5, 5.41) is 10.7. The summed E-state index contributed by atoms with van der Waals surface area (Å²) in [5.41, 5.74) is -0.168. The first-order chi connectivity index (χ1) is 14.0. The number of non-ortho nitro benzene ring substituents is 1. The normalized spacial score (nSPS) is 24.8. The average Bonchev–Trinajstić information content (AvgIpc) is 3.01. The maximum Gasteiger partial charge on any atom is 0.343 e. The number of hydrogen-bond acceptors (Lipinski definition) is 7. The van der Waals surface area contributed by atoms with Crippen molar-refractivity contribution in [2.75, 3.05) is 0 Å². The highest BCUT2D eigenvalue weighted by Crippen LogP contribution is 2.38. The number of ether oxygens (including phenoxy) is 3. The van der Waals surface area contributed by atoms with Crippen LogP contribution in [-0.4, -0.2) is 34.7 Å². The van der Waals surface area contributed by atoms with Gasteiger partial charge in [0.25, 0.3) is 5.69 Å². The second-order valence-corrected chi connectivity index (χ2v) is 6.84. The molecule has 0 unspecified atom stereocenters. The molecule has 8 heteroatoms. The first-order valence-electron chi connectivity index (χ1n) is 9.01. The highest BCUT2D eigenvalue weighted by Gasteiger charge is 2.54. The number of hydrogen-bond donors (Lipinski definition) is 0. The molecule has 0 amide bonds. The van der Waals surface area contributed by atoms with Crippen LogP contribution in [0.15, 0.2) is 66.7 Å². The van der Waals surface area contributed by atoms with Crippen LogP contribution in [0, 0.1) is 10.1 Å². The molecule has 1 aliphatic carbocycles. The molecule has 29 heavy (non-hydrogen) atoms. The lowest BCUT2D eigenvalue weighted by molar-refractivity contribution is -0.384. The highest BCUT2D eigenvalue weighted by atomic mass is 16.6. The fourth-order valence-electron chi connectivity index (χ4n) is 3.33. The van der Waals surface area contributed by atoms with Gasteiger partial charge in [0.15, 0.2) is 11.7 Å². The van der Waals surface area contributed by atoms with Crippen LogP contribution in [0.3, 0.4) is 0 Å². The zero-order valence-corrected chi connectivity index (χ0v) is 15.2. The molecule has 2 aromatic rings. The van der Waals surface area contributed by atoms with Gasteiger partial charge in [-0.25, -0.2) is 9.59 Å². The third-order valence-corrected chi connectivity index (χ3v) is 4.93. The molecule has 4 rings (SSSR count). The van der Waals surface area contributed by atoms with Gasteiger partial charge in [-0.1, -0.05) is 18.2 Å². The Kier molecular flexibility index (Phi) is 4.85. The predicted octanol–water partition coefficient (Wildman–Crippen LogP) is 2.96. The van der Waals surface area contributed by atoms with Crippen LogP contribution < -0.4 is 0 Å². The van der Waals surface area contributed by atoms with E-state index in [4.69, 9.17) is 14.2 Å². The van der Waals surface area contributed by atoms with Gasteiger partial charge in [0, 0.05) is 18.6 Å². The second-order valence-electron chi connectivity index (χ2n) is 6.84. The number of benzene rings is 2. The first kappa shape index (κ1) is 18.8. The molecule has 0 saturated carbocycles. The molecule has 2 aromatic carbocycles. The number of carbonyl (C=O) groups is 2. The van der Waals surface area contributed by atoms with Gasteiger partial charge in [-0.05, 0) is 42.0 Å². The van der Waals surface area contributed by atoms with Crippen LogP contribution in [0.1, 0.15) is 22.3 Å². The van der Waals surface area contributed by atoms with Gasteiger partial charge in [-0.2, -0.15) is 0 Å². The zero-order chi connectivity index (χ0) is 20.4. The van der Waals surface area contributed by atoms with Crippen LogP contribution in [0.5, 0.6) is 0 Å². The second kappa shape index (κ2) is 7.48. The highest BCUT2D eigenvalue weighted by molar-refractivity contribution is 5.90.